The Kier molecular flexibility index (Phi) is 7.13. The van der Waals surface area contributed by atoms with Crippen molar-refractivity contribution in [1.82, 2.24) is 19.4 Å². The van der Waals surface area contributed by atoms with Crippen LogP contribution in [-0.2, 0) is 4.79 Å². The number of carboxylic acids is 1. The second-order valence-corrected chi connectivity index (χ2v) is 12.9. The summed E-state index contributed by atoms with van der Waals surface area (Å²) in [6, 6.07) is 16.6. The Morgan fingerprint density at radius 3 is 2.48 bits per heavy atom. The number of para-hydroxylation sites is 2. The van der Waals surface area contributed by atoms with Crippen molar-refractivity contribution in [3.8, 4) is 0 Å². The van der Waals surface area contributed by atoms with Gasteiger partial charge in [0.25, 0.3) is 0 Å². The van der Waals surface area contributed by atoms with Crippen molar-refractivity contribution in [3.05, 3.63) is 66.2 Å². The molecule has 4 fully saturated rings. The number of carbonyl (C=O) groups is 1. The van der Waals surface area contributed by atoms with Gasteiger partial charge in [0.15, 0.2) is 0 Å². The Hall–Kier alpha value is -2.77. The minimum atomic E-state index is -0.681. The molecule has 6 nitrogen and oxygen atoms in total. The van der Waals surface area contributed by atoms with Crippen molar-refractivity contribution in [2.45, 2.75) is 87.9 Å². The highest BCUT2D eigenvalue weighted by atomic mass is 19.1. The monoisotopic (exact) mass is 544 g/mol. The Labute approximate surface area is 236 Å². The summed E-state index contributed by atoms with van der Waals surface area (Å²) in [5.41, 5.74) is 3.31. The summed E-state index contributed by atoms with van der Waals surface area (Å²) in [6.07, 6.45) is 12.2. The molecule has 6 atom stereocenters. The largest absolute Gasteiger partial charge is 0.480 e. The smallest absolute Gasteiger partial charge is 0.321 e. The summed E-state index contributed by atoms with van der Waals surface area (Å²) in [6.45, 7) is 2.44. The zero-order valence-corrected chi connectivity index (χ0v) is 23.2. The number of benzene rings is 2. The maximum atomic E-state index is 14.4. The van der Waals surface area contributed by atoms with Gasteiger partial charge in [-0.2, -0.15) is 0 Å². The van der Waals surface area contributed by atoms with E-state index in [2.05, 4.69) is 43.6 Å². The van der Waals surface area contributed by atoms with Crippen LogP contribution in [0.2, 0.25) is 0 Å². The van der Waals surface area contributed by atoms with Gasteiger partial charge in [0.2, 0.25) is 0 Å². The van der Waals surface area contributed by atoms with Gasteiger partial charge in [-0.25, -0.2) is 9.37 Å². The second-order valence-electron chi connectivity index (χ2n) is 12.9. The first-order chi connectivity index (χ1) is 19.5. The SMILES string of the molecule is O=C(O)[C@@H](C1CCCCC1)N1C[C@H](CN2[C@@H]3CC[C@H]2C[C@@H](n2cnc4ccccc42)C3)[C@@H](c2cccc(F)c2)C1. The molecule has 0 spiro atoms. The molecule has 0 radical (unpaired) electrons. The Morgan fingerprint density at radius 1 is 0.950 bits per heavy atom. The van der Waals surface area contributed by atoms with Gasteiger partial charge in [-0.15, -0.1) is 0 Å². The number of aliphatic carboxylic acids is 1. The van der Waals surface area contributed by atoms with Crippen LogP contribution in [0, 0.1) is 17.7 Å². The van der Waals surface area contributed by atoms with Gasteiger partial charge < -0.3 is 9.67 Å². The summed E-state index contributed by atoms with van der Waals surface area (Å²) in [5.74, 6) is -0.226. The molecule has 0 unspecified atom stereocenters. The molecule has 4 heterocycles. The molecule has 1 aromatic heterocycles. The number of carboxylic acid groups (broad SMARTS) is 1. The minimum absolute atomic E-state index is 0.149. The van der Waals surface area contributed by atoms with E-state index in [-0.39, 0.29) is 17.7 Å². The topological polar surface area (TPSA) is 61.6 Å². The maximum absolute atomic E-state index is 14.4. The van der Waals surface area contributed by atoms with E-state index in [1.807, 2.05) is 18.5 Å². The number of hydrogen-bond acceptors (Lipinski definition) is 4. The van der Waals surface area contributed by atoms with Crippen molar-refractivity contribution >= 4 is 17.0 Å². The number of nitrogens with zero attached hydrogens (tertiary/aromatic N) is 4. The normalized spacial score (nSPS) is 30.7. The summed E-state index contributed by atoms with van der Waals surface area (Å²) in [4.78, 5) is 22.3. The molecule has 40 heavy (non-hydrogen) atoms. The molecule has 4 aliphatic rings. The highest BCUT2D eigenvalue weighted by Crippen LogP contribution is 2.45. The number of imidazole rings is 1. The van der Waals surface area contributed by atoms with Crippen LogP contribution in [0.4, 0.5) is 4.39 Å². The number of rotatable bonds is 7. The van der Waals surface area contributed by atoms with Crippen molar-refractivity contribution in [2.75, 3.05) is 19.6 Å². The molecular weight excluding hydrogens is 503 g/mol. The average molecular weight is 545 g/mol. The lowest BCUT2D eigenvalue weighted by Crippen LogP contribution is -2.48. The number of hydrogen-bond donors (Lipinski definition) is 1. The van der Waals surface area contributed by atoms with E-state index in [0.29, 0.717) is 30.6 Å². The minimum Gasteiger partial charge on any atom is -0.480 e. The van der Waals surface area contributed by atoms with Crippen LogP contribution in [0.25, 0.3) is 11.0 Å². The van der Waals surface area contributed by atoms with Gasteiger partial charge in [0.05, 0.1) is 17.4 Å². The number of halogens is 1. The standard InChI is InChI=1S/C33H41FN4O2/c34-25-10-6-9-23(15-25)29-20-36(32(33(39)40)22-7-2-1-3-8-22)18-24(29)19-37-26-13-14-27(37)17-28(16-26)38-21-35-30-11-4-5-12-31(30)38/h4-6,9-12,15,21-22,24,26-29,32H,1-3,7-8,13-14,16-20H2,(H,39,40)/t24-,26-,27+,28+,29-,32-/m1/s1. The summed E-state index contributed by atoms with van der Waals surface area (Å²) >= 11 is 0. The zero-order chi connectivity index (χ0) is 27.2. The molecule has 1 aliphatic carbocycles. The van der Waals surface area contributed by atoms with Crippen molar-refractivity contribution in [1.29, 1.82) is 0 Å². The molecule has 3 aromatic rings. The first-order valence-electron chi connectivity index (χ1n) is 15.4. The van der Waals surface area contributed by atoms with Crippen LogP contribution in [0.1, 0.15) is 75.3 Å². The number of likely N-dealkylation sites (tertiary alicyclic amines) is 1. The molecule has 0 amide bonds. The lowest BCUT2D eigenvalue weighted by Gasteiger charge is -2.41. The molecule has 3 aliphatic heterocycles. The highest BCUT2D eigenvalue weighted by Gasteiger charge is 2.47. The molecule has 2 aromatic carbocycles. The van der Waals surface area contributed by atoms with Crippen LogP contribution in [0.15, 0.2) is 54.9 Å². The van der Waals surface area contributed by atoms with Crippen molar-refractivity contribution in [3.63, 3.8) is 0 Å². The lowest BCUT2D eigenvalue weighted by atomic mass is 9.83. The third-order valence-corrected chi connectivity index (χ3v) is 10.7. The third kappa shape index (κ3) is 4.85. The van der Waals surface area contributed by atoms with Gasteiger partial charge >= 0.3 is 5.97 Å². The second kappa shape index (κ2) is 10.9. The number of piperidine rings is 1. The Bertz CT molecular complexity index is 1340. The van der Waals surface area contributed by atoms with E-state index in [1.165, 1.54) is 30.8 Å². The van der Waals surface area contributed by atoms with Gasteiger partial charge in [0, 0.05) is 43.7 Å². The van der Waals surface area contributed by atoms with Gasteiger partial charge in [0.1, 0.15) is 11.9 Å². The first kappa shape index (κ1) is 26.1. The van der Waals surface area contributed by atoms with E-state index in [9.17, 15) is 14.3 Å². The van der Waals surface area contributed by atoms with E-state index in [1.54, 1.807) is 6.07 Å². The molecule has 7 rings (SSSR count). The Balaban J connectivity index is 1.12. The molecule has 1 saturated carbocycles. The Morgan fingerprint density at radius 2 is 1.73 bits per heavy atom. The van der Waals surface area contributed by atoms with Crippen LogP contribution in [0.5, 0.6) is 0 Å². The van der Waals surface area contributed by atoms with Crippen LogP contribution >= 0.6 is 0 Å². The van der Waals surface area contributed by atoms with Crippen LogP contribution < -0.4 is 0 Å². The molecule has 1 N–H and O–H groups in total. The fraction of sp³-hybridized carbons (Fsp3) is 0.576. The van der Waals surface area contributed by atoms with E-state index >= 15 is 0 Å². The fourth-order valence-electron chi connectivity index (χ4n) is 8.85. The summed E-state index contributed by atoms with van der Waals surface area (Å²) in [5, 5.41) is 10.4. The van der Waals surface area contributed by atoms with Crippen LogP contribution in [0.3, 0.4) is 0 Å². The van der Waals surface area contributed by atoms with E-state index < -0.39 is 12.0 Å². The third-order valence-electron chi connectivity index (χ3n) is 10.7. The molecule has 212 valence electrons. The fourth-order valence-corrected chi connectivity index (χ4v) is 8.85. The lowest BCUT2D eigenvalue weighted by molar-refractivity contribution is -0.145. The zero-order valence-electron chi connectivity index (χ0n) is 23.2. The summed E-state index contributed by atoms with van der Waals surface area (Å²) < 4.78 is 16.8. The first-order valence-corrected chi connectivity index (χ1v) is 15.4. The van der Waals surface area contributed by atoms with Crippen LogP contribution in [-0.4, -0.2) is 68.2 Å². The quantitative estimate of drug-likeness (QED) is 0.390. The molecule has 2 bridgehead atoms. The van der Waals surface area contributed by atoms with E-state index in [0.717, 1.165) is 62.7 Å². The maximum Gasteiger partial charge on any atom is 0.321 e. The van der Waals surface area contributed by atoms with Crippen molar-refractivity contribution < 1.29 is 14.3 Å². The number of fused-ring (bicyclic) bond motifs is 3. The van der Waals surface area contributed by atoms with Gasteiger partial charge in [-0.3, -0.25) is 14.6 Å². The highest BCUT2D eigenvalue weighted by molar-refractivity contribution is 5.75. The predicted octanol–water partition coefficient (Wildman–Crippen LogP) is 6.09. The summed E-state index contributed by atoms with van der Waals surface area (Å²) in [7, 11) is 0. The average Bonchev–Trinajstić information content (AvgIpc) is 3.63. The molecule has 7 heteroatoms. The van der Waals surface area contributed by atoms with Gasteiger partial charge in [-0.05, 0) is 80.2 Å². The predicted molar refractivity (Wildman–Crippen MR) is 154 cm³/mol. The number of aromatic nitrogens is 2. The molecule has 3 saturated heterocycles. The van der Waals surface area contributed by atoms with E-state index in [4.69, 9.17) is 0 Å². The molecular formula is C33H41FN4O2. The van der Waals surface area contributed by atoms with Gasteiger partial charge in [-0.1, -0.05) is 43.5 Å². The van der Waals surface area contributed by atoms with Crippen molar-refractivity contribution in [2.24, 2.45) is 11.8 Å².